The minimum absolute atomic E-state index is 0.209. The minimum Gasteiger partial charge on any atom is -0.492 e. The van der Waals surface area contributed by atoms with Gasteiger partial charge in [0.25, 0.3) is 0 Å². The predicted molar refractivity (Wildman–Crippen MR) is 84.4 cm³/mol. The molecule has 0 saturated carbocycles. The number of fused-ring (bicyclic) bond motifs is 1. The SMILES string of the molecule is Cc1cc(=O)oc2cc(OCCN3CCC[C@@H]3CO)ccc12. The zero-order chi connectivity index (χ0) is 15.5. The normalized spacial score (nSPS) is 18.9. The van der Waals surface area contributed by atoms with Crippen molar-refractivity contribution in [3.63, 3.8) is 0 Å². The molecule has 1 N–H and O–H groups in total. The molecule has 1 aliphatic heterocycles. The van der Waals surface area contributed by atoms with Gasteiger partial charge in [-0.2, -0.15) is 0 Å². The first kappa shape index (κ1) is 15.1. The summed E-state index contributed by atoms with van der Waals surface area (Å²) in [4.78, 5) is 13.7. The molecule has 1 atom stereocenters. The summed E-state index contributed by atoms with van der Waals surface area (Å²) >= 11 is 0. The zero-order valence-electron chi connectivity index (χ0n) is 12.7. The van der Waals surface area contributed by atoms with Gasteiger partial charge < -0.3 is 14.3 Å². The molecule has 3 rings (SSSR count). The summed E-state index contributed by atoms with van der Waals surface area (Å²) in [5.41, 5.74) is 1.11. The molecule has 5 heteroatoms. The van der Waals surface area contributed by atoms with Crippen LogP contribution in [0.3, 0.4) is 0 Å². The summed E-state index contributed by atoms with van der Waals surface area (Å²) in [6.07, 6.45) is 2.18. The molecule has 118 valence electrons. The van der Waals surface area contributed by atoms with Gasteiger partial charge in [-0.25, -0.2) is 4.79 Å². The van der Waals surface area contributed by atoms with Crippen LogP contribution in [0.15, 0.2) is 33.5 Å². The molecule has 1 saturated heterocycles. The molecule has 1 aromatic carbocycles. The third-order valence-corrected chi connectivity index (χ3v) is 4.28. The predicted octanol–water partition coefficient (Wildman–Crippen LogP) is 1.94. The molecule has 0 amide bonds. The van der Waals surface area contributed by atoms with Gasteiger partial charge in [-0.05, 0) is 44.0 Å². The number of aliphatic hydroxyl groups excluding tert-OH is 1. The van der Waals surface area contributed by atoms with Crippen LogP contribution >= 0.6 is 0 Å². The van der Waals surface area contributed by atoms with Crippen LogP contribution in [-0.4, -0.2) is 42.4 Å². The van der Waals surface area contributed by atoms with E-state index in [1.807, 2.05) is 19.1 Å². The van der Waals surface area contributed by atoms with Crippen molar-refractivity contribution in [1.82, 2.24) is 4.90 Å². The maximum atomic E-state index is 11.4. The fourth-order valence-electron chi connectivity index (χ4n) is 3.07. The van der Waals surface area contributed by atoms with Crippen molar-refractivity contribution in [2.75, 3.05) is 26.3 Å². The lowest BCUT2D eigenvalue weighted by Crippen LogP contribution is -2.35. The number of rotatable bonds is 5. The maximum absolute atomic E-state index is 11.4. The number of benzene rings is 1. The number of hydrogen-bond donors (Lipinski definition) is 1. The molecule has 0 unspecified atom stereocenters. The zero-order valence-corrected chi connectivity index (χ0v) is 12.7. The van der Waals surface area contributed by atoms with Gasteiger partial charge in [-0.1, -0.05) is 0 Å². The van der Waals surface area contributed by atoms with Gasteiger partial charge >= 0.3 is 5.63 Å². The Hall–Kier alpha value is -1.85. The van der Waals surface area contributed by atoms with Gasteiger partial charge in [0.2, 0.25) is 0 Å². The summed E-state index contributed by atoms with van der Waals surface area (Å²) in [5, 5.41) is 10.2. The van der Waals surface area contributed by atoms with Crippen molar-refractivity contribution in [1.29, 1.82) is 0 Å². The first-order valence-electron chi connectivity index (χ1n) is 7.69. The molecule has 0 aliphatic carbocycles. The van der Waals surface area contributed by atoms with Crippen LogP contribution < -0.4 is 10.4 Å². The summed E-state index contributed by atoms with van der Waals surface area (Å²) in [6.45, 7) is 4.46. The second-order valence-electron chi connectivity index (χ2n) is 5.77. The van der Waals surface area contributed by atoms with Crippen molar-refractivity contribution in [2.45, 2.75) is 25.8 Å². The average Bonchev–Trinajstić information content (AvgIpc) is 2.94. The van der Waals surface area contributed by atoms with E-state index in [0.717, 1.165) is 36.9 Å². The Morgan fingerprint density at radius 1 is 1.41 bits per heavy atom. The van der Waals surface area contributed by atoms with Crippen molar-refractivity contribution in [3.05, 3.63) is 40.2 Å². The van der Waals surface area contributed by atoms with Crippen LogP contribution in [-0.2, 0) is 0 Å². The van der Waals surface area contributed by atoms with Crippen LogP contribution in [0.5, 0.6) is 5.75 Å². The van der Waals surface area contributed by atoms with E-state index in [0.29, 0.717) is 17.9 Å². The maximum Gasteiger partial charge on any atom is 0.336 e. The molecule has 0 spiro atoms. The van der Waals surface area contributed by atoms with E-state index in [2.05, 4.69) is 4.90 Å². The third kappa shape index (κ3) is 3.15. The largest absolute Gasteiger partial charge is 0.492 e. The average molecular weight is 303 g/mol. The van der Waals surface area contributed by atoms with Gasteiger partial charge in [-0.15, -0.1) is 0 Å². The van der Waals surface area contributed by atoms with E-state index in [-0.39, 0.29) is 18.3 Å². The summed E-state index contributed by atoms with van der Waals surface area (Å²) < 4.78 is 11.0. The van der Waals surface area contributed by atoms with Gasteiger partial charge in [0.05, 0.1) is 6.61 Å². The van der Waals surface area contributed by atoms with Crippen molar-refractivity contribution < 1.29 is 14.3 Å². The molecular weight excluding hydrogens is 282 g/mol. The molecule has 0 radical (unpaired) electrons. The minimum atomic E-state index is -0.343. The fourth-order valence-corrected chi connectivity index (χ4v) is 3.07. The number of ether oxygens (including phenoxy) is 1. The lowest BCUT2D eigenvalue weighted by molar-refractivity contribution is 0.139. The van der Waals surface area contributed by atoms with E-state index < -0.39 is 0 Å². The Morgan fingerprint density at radius 2 is 2.27 bits per heavy atom. The number of aryl methyl sites for hydroxylation is 1. The van der Waals surface area contributed by atoms with Crippen molar-refractivity contribution in [2.24, 2.45) is 0 Å². The molecule has 2 heterocycles. The van der Waals surface area contributed by atoms with E-state index in [9.17, 15) is 9.90 Å². The van der Waals surface area contributed by atoms with E-state index in [1.165, 1.54) is 6.07 Å². The highest BCUT2D eigenvalue weighted by atomic mass is 16.5. The van der Waals surface area contributed by atoms with Gasteiger partial charge in [-0.3, -0.25) is 4.90 Å². The molecule has 2 aromatic rings. The third-order valence-electron chi connectivity index (χ3n) is 4.28. The van der Waals surface area contributed by atoms with E-state index in [1.54, 1.807) is 6.07 Å². The lowest BCUT2D eigenvalue weighted by Gasteiger charge is -2.22. The van der Waals surface area contributed by atoms with Crippen LogP contribution in [0.2, 0.25) is 0 Å². The Morgan fingerprint density at radius 3 is 3.09 bits per heavy atom. The second-order valence-corrected chi connectivity index (χ2v) is 5.77. The van der Waals surface area contributed by atoms with Gasteiger partial charge in [0, 0.05) is 30.1 Å². The van der Waals surface area contributed by atoms with Crippen molar-refractivity contribution >= 4 is 11.0 Å². The Balaban J connectivity index is 1.65. The number of hydrogen-bond acceptors (Lipinski definition) is 5. The standard InChI is InChI=1S/C17H21NO4/c1-12-9-17(20)22-16-10-14(4-5-15(12)16)21-8-7-18-6-2-3-13(18)11-19/h4-5,9-10,13,19H,2-3,6-8,11H2,1H3/t13-/m1/s1. The van der Waals surface area contributed by atoms with Gasteiger partial charge in [0.15, 0.2) is 0 Å². The Bertz CT molecular complexity index is 709. The molecule has 1 fully saturated rings. The summed E-state index contributed by atoms with van der Waals surface area (Å²) in [7, 11) is 0. The highest BCUT2D eigenvalue weighted by Gasteiger charge is 2.23. The Labute approximate surface area is 129 Å². The molecule has 22 heavy (non-hydrogen) atoms. The first-order chi connectivity index (χ1) is 10.7. The second kappa shape index (κ2) is 6.50. The fraction of sp³-hybridized carbons (Fsp3) is 0.471. The van der Waals surface area contributed by atoms with Gasteiger partial charge in [0.1, 0.15) is 17.9 Å². The van der Waals surface area contributed by atoms with E-state index >= 15 is 0 Å². The molecule has 1 aliphatic rings. The van der Waals surface area contributed by atoms with Crippen LogP contribution in [0.1, 0.15) is 18.4 Å². The highest BCUT2D eigenvalue weighted by Crippen LogP contribution is 2.22. The van der Waals surface area contributed by atoms with Crippen LogP contribution in [0.25, 0.3) is 11.0 Å². The quantitative estimate of drug-likeness (QED) is 0.855. The molecular formula is C17H21NO4. The summed E-state index contributed by atoms with van der Waals surface area (Å²) in [6, 6.07) is 7.32. The molecule has 0 bridgehead atoms. The lowest BCUT2D eigenvalue weighted by atomic mass is 10.1. The van der Waals surface area contributed by atoms with E-state index in [4.69, 9.17) is 9.15 Å². The van der Waals surface area contributed by atoms with Crippen molar-refractivity contribution in [3.8, 4) is 5.75 Å². The molecule has 1 aromatic heterocycles. The Kier molecular flexibility index (Phi) is 4.45. The first-order valence-corrected chi connectivity index (χ1v) is 7.69. The van der Waals surface area contributed by atoms with Crippen LogP contribution in [0, 0.1) is 6.92 Å². The topological polar surface area (TPSA) is 62.9 Å². The number of nitrogens with zero attached hydrogens (tertiary/aromatic N) is 1. The molecule has 5 nitrogen and oxygen atoms in total. The highest BCUT2D eigenvalue weighted by molar-refractivity contribution is 5.81. The number of likely N-dealkylation sites (tertiary alicyclic amines) is 1. The summed E-state index contributed by atoms with van der Waals surface area (Å²) in [5.74, 6) is 0.695. The van der Waals surface area contributed by atoms with Crippen LogP contribution in [0.4, 0.5) is 0 Å². The monoisotopic (exact) mass is 303 g/mol. The smallest absolute Gasteiger partial charge is 0.336 e. The number of aliphatic hydroxyl groups is 1.